The normalized spacial score (nSPS) is 14.9. The van der Waals surface area contributed by atoms with Crippen LogP contribution in [0.25, 0.3) is 0 Å². The number of aryl methyl sites for hydroxylation is 1. The molecule has 1 aromatic carbocycles. The fourth-order valence-corrected chi connectivity index (χ4v) is 3.66. The summed E-state index contributed by atoms with van der Waals surface area (Å²) in [5.41, 5.74) is 2.46. The van der Waals surface area contributed by atoms with Crippen LogP contribution in [0, 0.1) is 6.92 Å². The largest absolute Gasteiger partial charge is 0.368 e. The number of rotatable bonds is 3. The predicted molar refractivity (Wildman–Crippen MR) is 93.6 cm³/mol. The molecule has 0 aliphatic carbocycles. The molecule has 1 aromatic heterocycles. The molecule has 1 aliphatic heterocycles. The molecule has 120 valence electrons. The zero-order chi connectivity index (χ0) is 16.4. The fourth-order valence-electron chi connectivity index (χ4n) is 2.79. The minimum atomic E-state index is 0.0123. The lowest BCUT2D eigenvalue weighted by Crippen LogP contribution is -2.48. The molecule has 0 spiro atoms. The van der Waals surface area contributed by atoms with Gasteiger partial charge in [-0.25, -0.2) is 0 Å². The van der Waals surface area contributed by atoms with E-state index in [2.05, 4.69) is 36.1 Å². The number of Topliss-reactive ketones (excluding diaryl/α,β-unsaturated/α-hetero) is 1. The van der Waals surface area contributed by atoms with E-state index in [0.29, 0.717) is 22.8 Å². The Balaban J connectivity index is 1.64. The van der Waals surface area contributed by atoms with Gasteiger partial charge >= 0.3 is 0 Å². The summed E-state index contributed by atoms with van der Waals surface area (Å²) in [7, 11) is 0. The van der Waals surface area contributed by atoms with Crippen LogP contribution in [0.2, 0.25) is 0 Å². The number of carbonyl (C=O) groups is 2. The van der Waals surface area contributed by atoms with Gasteiger partial charge < -0.3 is 9.80 Å². The predicted octanol–water partition coefficient (Wildman–Crippen LogP) is 3.22. The van der Waals surface area contributed by atoms with Crippen LogP contribution in [0.15, 0.2) is 36.4 Å². The van der Waals surface area contributed by atoms with E-state index in [9.17, 15) is 9.59 Å². The first kappa shape index (κ1) is 15.7. The van der Waals surface area contributed by atoms with E-state index in [4.69, 9.17) is 0 Å². The van der Waals surface area contributed by atoms with Gasteiger partial charge in [0, 0.05) is 31.9 Å². The molecule has 2 aromatic rings. The summed E-state index contributed by atoms with van der Waals surface area (Å²) in [6.07, 6.45) is 0. The van der Waals surface area contributed by atoms with Crippen LogP contribution in [0.3, 0.4) is 0 Å². The molecule has 3 rings (SSSR count). The molecule has 0 unspecified atom stereocenters. The van der Waals surface area contributed by atoms with Crippen molar-refractivity contribution in [3.63, 3.8) is 0 Å². The summed E-state index contributed by atoms with van der Waals surface area (Å²) < 4.78 is 0. The molecule has 2 heterocycles. The number of benzene rings is 1. The lowest BCUT2D eigenvalue weighted by Gasteiger charge is -2.36. The van der Waals surface area contributed by atoms with Crippen molar-refractivity contribution < 1.29 is 9.59 Å². The van der Waals surface area contributed by atoms with Gasteiger partial charge in [-0.15, -0.1) is 11.3 Å². The molecule has 4 nitrogen and oxygen atoms in total. The van der Waals surface area contributed by atoms with Crippen molar-refractivity contribution in [1.29, 1.82) is 0 Å². The molecule has 1 fully saturated rings. The topological polar surface area (TPSA) is 40.6 Å². The number of carbonyl (C=O) groups excluding carboxylic acids is 2. The van der Waals surface area contributed by atoms with Crippen molar-refractivity contribution in [3.05, 3.63) is 51.7 Å². The van der Waals surface area contributed by atoms with Crippen molar-refractivity contribution in [3.8, 4) is 0 Å². The average Bonchev–Trinajstić information content (AvgIpc) is 3.04. The van der Waals surface area contributed by atoms with Gasteiger partial charge in [-0.3, -0.25) is 9.59 Å². The minimum Gasteiger partial charge on any atom is -0.368 e. The second kappa shape index (κ2) is 6.54. The van der Waals surface area contributed by atoms with E-state index in [1.54, 1.807) is 12.1 Å². The van der Waals surface area contributed by atoms with Crippen LogP contribution in [-0.2, 0) is 0 Å². The highest BCUT2D eigenvalue weighted by Gasteiger charge is 2.23. The highest BCUT2D eigenvalue weighted by atomic mass is 32.1. The van der Waals surface area contributed by atoms with Crippen LogP contribution in [0.1, 0.15) is 31.8 Å². The van der Waals surface area contributed by atoms with E-state index in [-0.39, 0.29) is 11.7 Å². The second-order valence-electron chi connectivity index (χ2n) is 5.84. The molecule has 0 saturated carbocycles. The molecule has 1 aliphatic rings. The monoisotopic (exact) mass is 328 g/mol. The molecule has 0 bridgehead atoms. The summed E-state index contributed by atoms with van der Waals surface area (Å²) in [5.74, 6) is 0.0460. The van der Waals surface area contributed by atoms with Crippen LogP contribution in [-0.4, -0.2) is 42.8 Å². The zero-order valence-corrected chi connectivity index (χ0v) is 14.2. The highest BCUT2D eigenvalue weighted by Crippen LogP contribution is 2.22. The number of anilines is 1. The maximum Gasteiger partial charge on any atom is 0.264 e. The second-order valence-corrected chi connectivity index (χ2v) is 6.92. The molecular weight excluding hydrogens is 308 g/mol. The lowest BCUT2D eigenvalue weighted by atomic mass is 10.2. The van der Waals surface area contributed by atoms with E-state index in [1.807, 2.05) is 4.90 Å². The first-order valence-corrected chi connectivity index (χ1v) is 8.58. The number of ketones is 1. The van der Waals surface area contributed by atoms with Gasteiger partial charge in [-0.1, -0.05) is 12.1 Å². The average molecular weight is 328 g/mol. The Morgan fingerprint density at radius 1 is 1.00 bits per heavy atom. The van der Waals surface area contributed by atoms with Gasteiger partial charge in [0.1, 0.15) is 0 Å². The first-order valence-electron chi connectivity index (χ1n) is 7.76. The third-order valence-electron chi connectivity index (χ3n) is 4.10. The van der Waals surface area contributed by atoms with Gasteiger partial charge in [0.25, 0.3) is 5.91 Å². The SMILES string of the molecule is CC(=O)c1ccc(C(=O)N2CCN(c3cccc(C)c3)CC2)s1. The lowest BCUT2D eigenvalue weighted by molar-refractivity contribution is 0.0751. The van der Waals surface area contributed by atoms with Crippen LogP contribution >= 0.6 is 11.3 Å². The fraction of sp³-hybridized carbons (Fsp3) is 0.333. The van der Waals surface area contributed by atoms with Gasteiger partial charge in [0.05, 0.1) is 9.75 Å². The standard InChI is InChI=1S/C18H20N2O2S/c1-13-4-3-5-15(12-13)19-8-10-20(11-9-19)18(22)17-7-6-16(23-17)14(2)21/h3-7,12H,8-11H2,1-2H3. The minimum absolute atomic E-state index is 0.0123. The van der Waals surface area contributed by atoms with E-state index < -0.39 is 0 Å². The van der Waals surface area contributed by atoms with Gasteiger partial charge in [-0.2, -0.15) is 0 Å². The van der Waals surface area contributed by atoms with E-state index >= 15 is 0 Å². The van der Waals surface area contributed by atoms with Crippen molar-refractivity contribution in [2.75, 3.05) is 31.1 Å². The molecule has 1 saturated heterocycles. The zero-order valence-electron chi connectivity index (χ0n) is 13.4. The summed E-state index contributed by atoms with van der Waals surface area (Å²) in [6.45, 7) is 6.70. The Hall–Kier alpha value is -2.14. The number of piperazine rings is 1. The maximum atomic E-state index is 12.5. The smallest absolute Gasteiger partial charge is 0.264 e. The van der Waals surface area contributed by atoms with Crippen molar-refractivity contribution in [1.82, 2.24) is 4.90 Å². The number of hydrogen-bond acceptors (Lipinski definition) is 4. The molecule has 5 heteroatoms. The third kappa shape index (κ3) is 3.45. The third-order valence-corrected chi connectivity index (χ3v) is 5.27. The van der Waals surface area contributed by atoms with Crippen molar-refractivity contribution in [2.24, 2.45) is 0 Å². The van der Waals surface area contributed by atoms with Gasteiger partial charge in [0.15, 0.2) is 5.78 Å². The molecular formula is C18H20N2O2S. The molecule has 23 heavy (non-hydrogen) atoms. The number of hydrogen-bond donors (Lipinski definition) is 0. The molecule has 1 amide bonds. The Morgan fingerprint density at radius 2 is 1.70 bits per heavy atom. The van der Waals surface area contributed by atoms with Crippen molar-refractivity contribution >= 4 is 28.7 Å². The summed E-state index contributed by atoms with van der Waals surface area (Å²) in [5, 5.41) is 0. The van der Waals surface area contributed by atoms with E-state index in [1.165, 1.54) is 29.5 Å². The molecule has 0 radical (unpaired) electrons. The summed E-state index contributed by atoms with van der Waals surface area (Å²) >= 11 is 1.29. The summed E-state index contributed by atoms with van der Waals surface area (Å²) in [4.78, 5) is 29.4. The Morgan fingerprint density at radius 3 is 2.30 bits per heavy atom. The Kier molecular flexibility index (Phi) is 4.48. The summed E-state index contributed by atoms with van der Waals surface area (Å²) in [6, 6.07) is 11.9. The van der Waals surface area contributed by atoms with Crippen LogP contribution in [0.5, 0.6) is 0 Å². The van der Waals surface area contributed by atoms with Crippen molar-refractivity contribution in [2.45, 2.75) is 13.8 Å². The maximum absolute atomic E-state index is 12.5. The van der Waals surface area contributed by atoms with E-state index in [0.717, 1.165) is 13.1 Å². The van der Waals surface area contributed by atoms with Gasteiger partial charge in [0.2, 0.25) is 0 Å². The number of thiophene rings is 1. The first-order chi connectivity index (χ1) is 11.0. The number of nitrogens with zero attached hydrogens (tertiary/aromatic N) is 2. The van der Waals surface area contributed by atoms with Gasteiger partial charge in [-0.05, 0) is 43.7 Å². The highest BCUT2D eigenvalue weighted by molar-refractivity contribution is 7.15. The Labute approximate surface area is 140 Å². The quantitative estimate of drug-likeness (QED) is 0.812. The number of amides is 1. The van der Waals surface area contributed by atoms with Crippen LogP contribution < -0.4 is 4.90 Å². The Bertz CT molecular complexity index is 730. The molecule has 0 N–H and O–H groups in total. The van der Waals surface area contributed by atoms with Crippen LogP contribution in [0.4, 0.5) is 5.69 Å². The molecule has 0 atom stereocenters.